The van der Waals surface area contributed by atoms with Gasteiger partial charge in [0.05, 0.1) is 11.1 Å². The Morgan fingerprint density at radius 2 is 2.22 bits per heavy atom. The largest absolute Gasteiger partial charge is 0.444 e. The lowest BCUT2D eigenvalue weighted by molar-refractivity contribution is 0.0228. The van der Waals surface area contributed by atoms with Crippen LogP contribution in [0.3, 0.4) is 0 Å². The molecular formula is C17H24ClN3O2. The number of hydrogen-bond acceptors (Lipinski definition) is 4. The monoisotopic (exact) mass is 337 g/mol. The average Bonchev–Trinajstić information content (AvgIpc) is 3.09. The first-order chi connectivity index (χ1) is 10.8. The van der Waals surface area contributed by atoms with E-state index in [2.05, 4.69) is 10.3 Å². The van der Waals surface area contributed by atoms with E-state index in [0.717, 1.165) is 18.8 Å². The van der Waals surface area contributed by atoms with Crippen molar-refractivity contribution in [2.24, 2.45) is 5.41 Å². The molecule has 1 aromatic heterocycles. The molecule has 2 aliphatic rings. The number of halogens is 1. The number of amides is 1. The number of carbonyl (C=O) groups is 1. The van der Waals surface area contributed by atoms with Crippen LogP contribution < -0.4 is 5.32 Å². The van der Waals surface area contributed by atoms with Crippen molar-refractivity contribution in [3.63, 3.8) is 0 Å². The Balaban J connectivity index is 1.63. The minimum atomic E-state index is -0.466. The summed E-state index contributed by atoms with van der Waals surface area (Å²) in [6.45, 7) is 7.19. The summed E-state index contributed by atoms with van der Waals surface area (Å²) in [7, 11) is 0. The van der Waals surface area contributed by atoms with E-state index in [1.807, 2.05) is 31.7 Å². The van der Waals surface area contributed by atoms with Crippen LogP contribution in [0.5, 0.6) is 0 Å². The summed E-state index contributed by atoms with van der Waals surface area (Å²) in [4.78, 5) is 18.6. The number of aromatic nitrogens is 1. The van der Waals surface area contributed by atoms with Crippen molar-refractivity contribution in [1.82, 2.24) is 9.88 Å². The van der Waals surface area contributed by atoms with E-state index in [0.29, 0.717) is 17.0 Å². The SMILES string of the molecule is CC(C)(C)OC(=O)N1CC2(CC2)CC1CNc1ccc(Cl)cn1. The molecule has 23 heavy (non-hydrogen) atoms. The second-order valence-electron chi connectivity index (χ2n) is 7.71. The molecule has 0 bridgehead atoms. The average molecular weight is 338 g/mol. The standard InChI is InChI=1S/C17H24ClN3O2/c1-16(2,3)23-15(22)21-11-17(6-7-17)8-13(21)10-20-14-5-4-12(18)9-19-14/h4-5,9,13H,6-8,10-11H2,1-3H3,(H,19,20). The van der Waals surface area contributed by atoms with Crippen molar-refractivity contribution in [3.05, 3.63) is 23.4 Å². The molecule has 1 atom stereocenters. The van der Waals surface area contributed by atoms with Gasteiger partial charge >= 0.3 is 6.09 Å². The van der Waals surface area contributed by atoms with Gasteiger partial charge in [-0.25, -0.2) is 9.78 Å². The molecular weight excluding hydrogens is 314 g/mol. The highest BCUT2D eigenvalue weighted by atomic mass is 35.5. The van der Waals surface area contributed by atoms with Gasteiger partial charge in [-0.05, 0) is 57.6 Å². The number of ether oxygens (including phenoxy) is 1. The molecule has 1 aromatic rings. The Morgan fingerprint density at radius 3 is 2.78 bits per heavy atom. The first-order valence-electron chi connectivity index (χ1n) is 8.11. The van der Waals surface area contributed by atoms with Crippen LogP contribution in [0.1, 0.15) is 40.0 Å². The van der Waals surface area contributed by atoms with Gasteiger partial charge in [-0.15, -0.1) is 0 Å². The fraction of sp³-hybridized carbons (Fsp3) is 0.647. The third-order valence-electron chi connectivity index (χ3n) is 4.45. The van der Waals surface area contributed by atoms with E-state index in [1.54, 1.807) is 12.3 Å². The third kappa shape index (κ3) is 4.08. The summed E-state index contributed by atoms with van der Waals surface area (Å²) >= 11 is 5.85. The zero-order valence-corrected chi connectivity index (χ0v) is 14.7. The maximum Gasteiger partial charge on any atom is 0.410 e. The molecule has 1 aliphatic carbocycles. The van der Waals surface area contributed by atoms with Crippen molar-refractivity contribution < 1.29 is 9.53 Å². The Bertz CT molecular complexity index is 578. The predicted molar refractivity (Wildman–Crippen MR) is 90.7 cm³/mol. The number of anilines is 1. The Hall–Kier alpha value is -1.49. The predicted octanol–water partition coefficient (Wildman–Crippen LogP) is 3.94. The molecule has 1 amide bonds. The highest BCUT2D eigenvalue weighted by molar-refractivity contribution is 6.30. The number of carbonyl (C=O) groups excluding carboxylic acids is 1. The van der Waals surface area contributed by atoms with Gasteiger partial charge in [-0.3, -0.25) is 0 Å². The number of rotatable bonds is 3. The molecule has 0 radical (unpaired) electrons. The van der Waals surface area contributed by atoms with Crippen molar-refractivity contribution in [2.75, 3.05) is 18.4 Å². The highest BCUT2D eigenvalue weighted by Crippen LogP contribution is 2.54. The lowest BCUT2D eigenvalue weighted by atomic mass is 10.0. The highest BCUT2D eigenvalue weighted by Gasteiger charge is 2.53. The van der Waals surface area contributed by atoms with E-state index in [1.165, 1.54) is 12.8 Å². The smallest absolute Gasteiger partial charge is 0.410 e. The van der Waals surface area contributed by atoms with Crippen molar-refractivity contribution in [2.45, 2.75) is 51.7 Å². The van der Waals surface area contributed by atoms with Crippen LogP contribution in [-0.4, -0.2) is 40.7 Å². The second kappa shape index (κ2) is 5.86. The fourth-order valence-corrected chi connectivity index (χ4v) is 3.24. The van der Waals surface area contributed by atoms with E-state index < -0.39 is 5.60 Å². The molecule has 0 aromatic carbocycles. The maximum atomic E-state index is 12.5. The van der Waals surface area contributed by atoms with E-state index in [-0.39, 0.29) is 12.1 Å². The van der Waals surface area contributed by atoms with Gasteiger partial charge in [0.1, 0.15) is 11.4 Å². The Labute approximate surface area is 142 Å². The first-order valence-corrected chi connectivity index (χ1v) is 8.49. The van der Waals surface area contributed by atoms with Crippen LogP contribution in [0.15, 0.2) is 18.3 Å². The molecule has 126 valence electrons. The molecule has 5 nitrogen and oxygen atoms in total. The van der Waals surface area contributed by atoms with E-state index in [4.69, 9.17) is 16.3 Å². The van der Waals surface area contributed by atoms with Gasteiger partial charge in [0.15, 0.2) is 0 Å². The lowest BCUT2D eigenvalue weighted by Gasteiger charge is -2.28. The molecule has 2 fully saturated rings. The molecule has 2 heterocycles. The number of hydrogen-bond donors (Lipinski definition) is 1. The molecule has 1 spiro atoms. The van der Waals surface area contributed by atoms with Gasteiger partial charge in [0.25, 0.3) is 0 Å². The molecule has 1 N–H and O–H groups in total. The Kier molecular flexibility index (Phi) is 4.17. The summed E-state index contributed by atoms with van der Waals surface area (Å²) in [6.07, 6.45) is 4.86. The summed E-state index contributed by atoms with van der Waals surface area (Å²) in [5.74, 6) is 0.773. The third-order valence-corrected chi connectivity index (χ3v) is 4.67. The first kappa shape index (κ1) is 16.4. The van der Waals surface area contributed by atoms with Crippen molar-refractivity contribution in [1.29, 1.82) is 0 Å². The number of likely N-dealkylation sites (tertiary alicyclic amines) is 1. The second-order valence-corrected chi connectivity index (χ2v) is 8.15. The molecule has 1 saturated heterocycles. The van der Waals surface area contributed by atoms with Crippen LogP contribution in [-0.2, 0) is 4.74 Å². The summed E-state index contributed by atoms with van der Waals surface area (Å²) in [5, 5.41) is 3.92. The fourth-order valence-electron chi connectivity index (χ4n) is 3.12. The van der Waals surface area contributed by atoms with Gasteiger partial charge in [0, 0.05) is 19.3 Å². The summed E-state index contributed by atoms with van der Waals surface area (Å²) in [5.41, 5.74) is -0.136. The van der Waals surface area contributed by atoms with Crippen LogP contribution in [0.4, 0.5) is 10.6 Å². The van der Waals surface area contributed by atoms with Gasteiger partial charge in [-0.1, -0.05) is 11.6 Å². The van der Waals surface area contributed by atoms with Crippen LogP contribution in [0.25, 0.3) is 0 Å². The molecule has 1 aliphatic heterocycles. The normalized spacial score (nSPS) is 22.3. The molecule has 1 saturated carbocycles. The van der Waals surface area contributed by atoms with Gasteiger partial charge in [-0.2, -0.15) is 0 Å². The lowest BCUT2D eigenvalue weighted by Crippen LogP contribution is -2.42. The molecule has 3 rings (SSSR count). The summed E-state index contributed by atoms with van der Waals surface area (Å²) < 4.78 is 5.57. The molecule has 1 unspecified atom stereocenters. The number of nitrogens with zero attached hydrogens (tertiary/aromatic N) is 2. The number of pyridine rings is 1. The van der Waals surface area contributed by atoms with E-state index in [9.17, 15) is 4.79 Å². The van der Waals surface area contributed by atoms with Crippen LogP contribution in [0.2, 0.25) is 5.02 Å². The zero-order valence-electron chi connectivity index (χ0n) is 13.9. The van der Waals surface area contributed by atoms with Gasteiger partial charge in [0.2, 0.25) is 0 Å². The van der Waals surface area contributed by atoms with Crippen LogP contribution >= 0.6 is 11.6 Å². The number of nitrogens with one attached hydrogen (secondary N) is 1. The minimum Gasteiger partial charge on any atom is -0.444 e. The van der Waals surface area contributed by atoms with Crippen molar-refractivity contribution >= 4 is 23.5 Å². The quantitative estimate of drug-likeness (QED) is 0.907. The zero-order chi connectivity index (χ0) is 16.7. The van der Waals surface area contributed by atoms with E-state index >= 15 is 0 Å². The van der Waals surface area contributed by atoms with Crippen molar-refractivity contribution in [3.8, 4) is 0 Å². The Morgan fingerprint density at radius 1 is 1.48 bits per heavy atom. The maximum absolute atomic E-state index is 12.5. The summed E-state index contributed by atoms with van der Waals surface area (Å²) in [6, 6.07) is 3.80. The topological polar surface area (TPSA) is 54.5 Å². The molecule has 6 heteroatoms. The minimum absolute atomic E-state index is 0.143. The van der Waals surface area contributed by atoms with Gasteiger partial charge < -0.3 is 15.0 Å². The van der Waals surface area contributed by atoms with Crippen LogP contribution in [0, 0.1) is 5.41 Å².